The van der Waals surface area contributed by atoms with Crippen LogP contribution < -0.4 is 10.2 Å². The van der Waals surface area contributed by atoms with Crippen molar-refractivity contribution < 1.29 is 4.79 Å². The number of aryl methyl sites for hydroxylation is 2. The molecule has 1 aliphatic heterocycles. The van der Waals surface area contributed by atoms with E-state index >= 15 is 0 Å². The minimum atomic E-state index is 0.000681. The van der Waals surface area contributed by atoms with Gasteiger partial charge < -0.3 is 10.2 Å². The Morgan fingerprint density at radius 1 is 1.40 bits per heavy atom. The number of thiophene rings is 1. The van der Waals surface area contributed by atoms with Crippen LogP contribution in [0.2, 0.25) is 0 Å². The number of carbonyl (C=O) groups excluding carboxylic acids is 1. The molecular formula is C19H22N4OS. The Labute approximate surface area is 151 Å². The number of para-hydroxylation sites is 1. The number of nitrogens with zero attached hydrogens (tertiary/aromatic N) is 3. The Kier molecular flexibility index (Phi) is 4.00. The quantitative estimate of drug-likeness (QED) is 0.783. The average molecular weight is 354 g/mol. The zero-order chi connectivity index (χ0) is 17.6. The average Bonchev–Trinajstić information content (AvgIpc) is 3.23. The molecule has 0 bridgehead atoms. The first-order chi connectivity index (χ1) is 12.0. The molecule has 1 unspecified atom stereocenters. The lowest BCUT2D eigenvalue weighted by Crippen LogP contribution is -2.37. The van der Waals surface area contributed by atoms with E-state index < -0.39 is 0 Å². The predicted octanol–water partition coefficient (Wildman–Crippen LogP) is 3.12. The molecule has 0 fully saturated rings. The van der Waals surface area contributed by atoms with E-state index in [0.29, 0.717) is 12.6 Å². The highest BCUT2D eigenvalue weighted by Gasteiger charge is 2.25. The highest BCUT2D eigenvalue weighted by Crippen LogP contribution is 2.31. The van der Waals surface area contributed by atoms with E-state index in [9.17, 15) is 4.79 Å². The van der Waals surface area contributed by atoms with Crippen LogP contribution in [0.5, 0.6) is 0 Å². The van der Waals surface area contributed by atoms with Gasteiger partial charge in [0.25, 0.3) is 5.91 Å². The van der Waals surface area contributed by atoms with Crippen molar-refractivity contribution in [2.75, 3.05) is 18.0 Å². The third-order valence-corrected chi connectivity index (χ3v) is 6.11. The molecule has 6 heteroatoms. The summed E-state index contributed by atoms with van der Waals surface area (Å²) in [6.45, 7) is 5.69. The highest BCUT2D eigenvalue weighted by molar-refractivity contribution is 7.20. The molecule has 5 nitrogen and oxygen atoms in total. The normalized spacial score (nSPS) is 16.4. The molecule has 0 radical (unpaired) electrons. The highest BCUT2D eigenvalue weighted by atomic mass is 32.1. The number of aromatic nitrogens is 2. The summed E-state index contributed by atoms with van der Waals surface area (Å²) in [5.41, 5.74) is 3.66. The third kappa shape index (κ3) is 2.80. The van der Waals surface area contributed by atoms with Crippen molar-refractivity contribution in [1.29, 1.82) is 0 Å². The first-order valence-electron chi connectivity index (χ1n) is 8.60. The summed E-state index contributed by atoms with van der Waals surface area (Å²) in [4.78, 5) is 16.7. The molecule has 0 saturated heterocycles. The fourth-order valence-corrected chi connectivity index (χ4v) is 4.70. The number of carbonyl (C=O) groups is 1. The van der Waals surface area contributed by atoms with Gasteiger partial charge in [0.2, 0.25) is 0 Å². The van der Waals surface area contributed by atoms with Gasteiger partial charge >= 0.3 is 0 Å². The Bertz CT molecular complexity index is 908. The van der Waals surface area contributed by atoms with Crippen LogP contribution in [0.4, 0.5) is 5.69 Å². The molecule has 2 aromatic heterocycles. The van der Waals surface area contributed by atoms with Crippen molar-refractivity contribution in [2.24, 2.45) is 7.05 Å². The van der Waals surface area contributed by atoms with E-state index in [1.807, 2.05) is 24.7 Å². The standard InChI is InChI=1S/C19H22N4OS/c1-12-10-14-6-4-5-7-16(14)23(12)9-8-20-18(24)17-11-15-13(2)21-22(3)19(15)25-17/h4-7,11-12H,8-10H2,1-3H3,(H,20,24). The summed E-state index contributed by atoms with van der Waals surface area (Å²) in [5, 5.41) is 8.52. The topological polar surface area (TPSA) is 50.2 Å². The molecule has 1 aliphatic rings. The van der Waals surface area contributed by atoms with Gasteiger partial charge in [0.15, 0.2) is 0 Å². The van der Waals surface area contributed by atoms with Gasteiger partial charge in [-0.2, -0.15) is 5.10 Å². The lowest BCUT2D eigenvalue weighted by molar-refractivity contribution is 0.0958. The summed E-state index contributed by atoms with van der Waals surface area (Å²) < 4.78 is 1.84. The number of nitrogens with one attached hydrogen (secondary N) is 1. The van der Waals surface area contributed by atoms with Gasteiger partial charge in [-0.25, -0.2) is 0 Å². The lowest BCUT2D eigenvalue weighted by Gasteiger charge is -2.24. The number of benzene rings is 1. The van der Waals surface area contributed by atoms with Gasteiger partial charge in [-0.1, -0.05) is 18.2 Å². The van der Waals surface area contributed by atoms with Gasteiger partial charge in [0.1, 0.15) is 4.83 Å². The van der Waals surface area contributed by atoms with E-state index in [4.69, 9.17) is 0 Å². The first-order valence-corrected chi connectivity index (χ1v) is 9.42. The van der Waals surface area contributed by atoms with E-state index in [1.165, 1.54) is 22.6 Å². The van der Waals surface area contributed by atoms with E-state index in [-0.39, 0.29) is 5.91 Å². The molecule has 0 saturated carbocycles. The molecule has 3 aromatic rings. The van der Waals surface area contributed by atoms with Gasteiger partial charge in [0, 0.05) is 37.3 Å². The Morgan fingerprint density at radius 3 is 3.00 bits per heavy atom. The molecule has 3 heterocycles. The van der Waals surface area contributed by atoms with Crippen molar-refractivity contribution in [1.82, 2.24) is 15.1 Å². The van der Waals surface area contributed by atoms with Crippen LogP contribution in [-0.4, -0.2) is 34.8 Å². The van der Waals surface area contributed by atoms with Crippen LogP contribution in [0.15, 0.2) is 30.3 Å². The minimum Gasteiger partial charge on any atom is -0.367 e. The molecule has 1 N–H and O–H groups in total. The Balaban J connectivity index is 1.41. The van der Waals surface area contributed by atoms with Crippen LogP contribution in [-0.2, 0) is 13.5 Å². The molecule has 1 amide bonds. The number of hydrogen-bond acceptors (Lipinski definition) is 4. The van der Waals surface area contributed by atoms with Crippen molar-refractivity contribution >= 4 is 33.1 Å². The van der Waals surface area contributed by atoms with Gasteiger partial charge in [-0.3, -0.25) is 9.48 Å². The van der Waals surface area contributed by atoms with Crippen LogP contribution in [0, 0.1) is 6.92 Å². The van der Waals surface area contributed by atoms with Crippen molar-refractivity contribution in [3.63, 3.8) is 0 Å². The maximum atomic E-state index is 12.5. The number of anilines is 1. The maximum Gasteiger partial charge on any atom is 0.261 e. The van der Waals surface area contributed by atoms with E-state index in [2.05, 4.69) is 46.5 Å². The van der Waals surface area contributed by atoms with E-state index in [1.54, 1.807) is 0 Å². The SMILES string of the molecule is Cc1nn(C)c2sc(C(=O)NCCN3c4ccccc4CC3C)cc12. The maximum absolute atomic E-state index is 12.5. The molecule has 0 spiro atoms. The van der Waals surface area contributed by atoms with Gasteiger partial charge in [-0.15, -0.1) is 11.3 Å². The van der Waals surface area contributed by atoms with E-state index in [0.717, 1.165) is 33.8 Å². The van der Waals surface area contributed by atoms with Crippen LogP contribution >= 0.6 is 11.3 Å². The van der Waals surface area contributed by atoms with Crippen LogP contribution in [0.3, 0.4) is 0 Å². The van der Waals surface area contributed by atoms with Gasteiger partial charge in [-0.05, 0) is 38.0 Å². The zero-order valence-corrected chi connectivity index (χ0v) is 15.6. The second-order valence-electron chi connectivity index (χ2n) is 6.67. The predicted molar refractivity (Wildman–Crippen MR) is 103 cm³/mol. The van der Waals surface area contributed by atoms with Crippen molar-refractivity contribution in [3.8, 4) is 0 Å². The fourth-order valence-electron chi connectivity index (χ4n) is 3.66. The molecule has 25 heavy (non-hydrogen) atoms. The Hall–Kier alpha value is -2.34. The number of rotatable bonds is 4. The Morgan fingerprint density at radius 2 is 2.20 bits per heavy atom. The second-order valence-corrected chi connectivity index (χ2v) is 7.70. The summed E-state index contributed by atoms with van der Waals surface area (Å²) in [7, 11) is 1.92. The van der Waals surface area contributed by atoms with Crippen LogP contribution in [0.1, 0.15) is 27.9 Å². The molecule has 4 rings (SSSR count). The monoisotopic (exact) mass is 354 g/mol. The lowest BCUT2D eigenvalue weighted by atomic mass is 10.1. The smallest absolute Gasteiger partial charge is 0.261 e. The number of amides is 1. The second kappa shape index (κ2) is 6.19. The molecule has 1 atom stereocenters. The summed E-state index contributed by atoms with van der Waals surface area (Å²) >= 11 is 1.50. The number of hydrogen-bond donors (Lipinski definition) is 1. The van der Waals surface area contributed by atoms with Crippen molar-refractivity contribution in [3.05, 3.63) is 46.5 Å². The number of fused-ring (bicyclic) bond motifs is 2. The van der Waals surface area contributed by atoms with Crippen molar-refractivity contribution in [2.45, 2.75) is 26.3 Å². The fraction of sp³-hybridized carbons (Fsp3) is 0.368. The molecular weight excluding hydrogens is 332 g/mol. The van der Waals surface area contributed by atoms with Crippen LogP contribution in [0.25, 0.3) is 10.2 Å². The molecule has 130 valence electrons. The van der Waals surface area contributed by atoms with Gasteiger partial charge in [0.05, 0.1) is 10.6 Å². The minimum absolute atomic E-state index is 0.000681. The first kappa shape index (κ1) is 16.1. The molecule has 0 aliphatic carbocycles. The molecule has 1 aromatic carbocycles. The zero-order valence-electron chi connectivity index (χ0n) is 14.7. The largest absolute Gasteiger partial charge is 0.367 e. The summed E-state index contributed by atoms with van der Waals surface area (Å²) in [6, 6.07) is 11.0. The summed E-state index contributed by atoms with van der Waals surface area (Å²) in [6.07, 6.45) is 1.08. The third-order valence-electron chi connectivity index (χ3n) is 4.91. The summed E-state index contributed by atoms with van der Waals surface area (Å²) in [5.74, 6) is 0.000681.